The summed E-state index contributed by atoms with van der Waals surface area (Å²) in [5.41, 5.74) is 7.42. The molecule has 3 N–H and O–H groups in total. The highest BCUT2D eigenvalue weighted by atomic mass is 35.7. The number of methoxy groups -OCH3 is 2. The van der Waals surface area contributed by atoms with E-state index in [1.807, 2.05) is 48.5 Å². The first-order valence-corrected chi connectivity index (χ1v) is 12.9. The van der Waals surface area contributed by atoms with Crippen LogP contribution in [-0.2, 0) is 12.8 Å². The van der Waals surface area contributed by atoms with E-state index in [2.05, 4.69) is 9.36 Å². The highest BCUT2D eigenvalue weighted by Crippen LogP contribution is 2.40. The molecule has 3 rings (SSSR count). The Morgan fingerprint density at radius 1 is 1.00 bits per heavy atom. The van der Waals surface area contributed by atoms with E-state index < -0.39 is 3.12 Å². The fourth-order valence-corrected chi connectivity index (χ4v) is 2.83. The molecule has 0 aliphatic heterocycles. The summed E-state index contributed by atoms with van der Waals surface area (Å²) in [4.78, 5) is 4.09. The quantitative estimate of drug-likeness (QED) is 0.166. The number of amidine groups is 1. The van der Waals surface area contributed by atoms with Crippen LogP contribution in [0.3, 0.4) is 0 Å². The van der Waals surface area contributed by atoms with Crippen molar-refractivity contribution in [1.29, 1.82) is 5.41 Å². The van der Waals surface area contributed by atoms with Gasteiger partial charge in [-0.2, -0.15) is 4.37 Å². The summed E-state index contributed by atoms with van der Waals surface area (Å²) in [5, 5.41) is 7.08. The maximum Gasteiger partial charge on any atom is 0.251 e. The smallest absolute Gasteiger partial charge is 0.251 e. The molecule has 2 aromatic carbocycles. The predicted octanol–water partition coefficient (Wildman–Crippen LogP) is 7.59. The molecule has 0 saturated carbocycles. The van der Waals surface area contributed by atoms with E-state index in [0.717, 1.165) is 28.5 Å². The number of halogens is 6. The zero-order valence-electron chi connectivity index (χ0n) is 17.9. The van der Waals surface area contributed by atoms with Crippen LogP contribution in [0.1, 0.15) is 17.0 Å². The molecule has 0 aliphatic rings. The van der Waals surface area contributed by atoms with Crippen molar-refractivity contribution in [3.63, 3.8) is 0 Å². The Kier molecular flexibility index (Phi) is 17.1. The van der Waals surface area contributed by atoms with Crippen molar-refractivity contribution < 1.29 is 9.47 Å². The molecular weight excluding hydrogens is 605 g/mol. The third kappa shape index (κ3) is 15.2. The number of nitrogens with one attached hydrogen (secondary N) is 1. The van der Waals surface area contributed by atoms with Gasteiger partial charge in [0.2, 0.25) is 4.47 Å². The predicted molar refractivity (Wildman–Crippen MR) is 150 cm³/mol. The van der Waals surface area contributed by atoms with Crippen LogP contribution in [-0.4, -0.2) is 32.5 Å². The third-order valence-corrected chi connectivity index (χ3v) is 6.72. The SMILES string of the molecule is COc1ccc(CC(=N)N)cc1.COc1ccc(Cc2nsc(Cl)n2)cc1.Cl.ClSC(Cl)(Cl)Cl. The number of nitrogens with zero attached hydrogens (tertiary/aromatic N) is 2. The van der Waals surface area contributed by atoms with Gasteiger partial charge < -0.3 is 15.2 Å². The van der Waals surface area contributed by atoms with Gasteiger partial charge in [-0.05, 0) is 69.2 Å². The molecule has 0 radical (unpaired) electrons. The number of alkyl halides is 3. The summed E-state index contributed by atoms with van der Waals surface area (Å²) in [7, 11) is 8.92. The number of aromatic nitrogens is 2. The van der Waals surface area contributed by atoms with E-state index in [1.54, 1.807) is 14.2 Å². The minimum atomic E-state index is -1.36. The standard InChI is InChI=1S/C10H9ClN2OS.C9H12N2O.CCl4S.ClH/c1-14-8-4-2-7(3-5-8)6-9-12-10(11)15-13-9;1-12-8-4-2-7(3-5-8)6-9(10)11;2-1(3,4)6-5;/h2-5H,6H2,1H3;2-5H,6H2,1H3,(H3,10,11);;1H. The number of nitrogens with two attached hydrogens (primary N) is 1. The Morgan fingerprint density at radius 3 is 1.76 bits per heavy atom. The minimum Gasteiger partial charge on any atom is -0.497 e. The molecule has 0 aliphatic carbocycles. The lowest BCUT2D eigenvalue weighted by Crippen LogP contribution is -2.12. The minimum absolute atomic E-state index is 0. The van der Waals surface area contributed by atoms with Crippen molar-refractivity contribution in [1.82, 2.24) is 9.36 Å². The highest BCUT2D eigenvalue weighted by molar-refractivity contribution is 8.24. The molecule has 14 heteroatoms. The lowest BCUT2D eigenvalue weighted by Gasteiger charge is -2.01. The second kappa shape index (κ2) is 17.6. The lowest BCUT2D eigenvalue weighted by molar-refractivity contribution is 0.414. The van der Waals surface area contributed by atoms with Gasteiger partial charge in [0.25, 0.3) is 3.12 Å². The summed E-state index contributed by atoms with van der Waals surface area (Å²) < 4.78 is 13.3. The van der Waals surface area contributed by atoms with Crippen LogP contribution in [0.25, 0.3) is 0 Å². The van der Waals surface area contributed by atoms with E-state index in [9.17, 15) is 0 Å². The normalized spacial score (nSPS) is 9.97. The highest BCUT2D eigenvalue weighted by Gasteiger charge is 2.17. The lowest BCUT2D eigenvalue weighted by atomic mass is 10.1. The Bertz CT molecular complexity index is 970. The summed E-state index contributed by atoms with van der Waals surface area (Å²) in [5.74, 6) is 2.61. The number of hydrogen-bond acceptors (Lipinski definition) is 7. The number of rotatable bonds is 6. The van der Waals surface area contributed by atoms with E-state index in [-0.39, 0.29) is 18.2 Å². The molecule has 0 fully saturated rings. The second-order valence-corrected chi connectivity index (χ2v) is 11.6. The van der Waals surface area contributed by atoms with Crippen molar-refractivity contribution in [2.45, 2.75) is 16.0 Å². The van der Waals surface area contributed by atoms with Crippen LogP contribution in [0.5, 0.6) is 11.5 Å². The molecule has 0 spiro atoms. The fraction of sp³-hybridized carbons (Fsp3) is 0.250. The second-order valence-electron chi connectivity index (χ2n) is 6.06. The van der Waals surface area contributed by atoms with Crippen LogP contribution < -0.4 is 15.2 Å². The van der Waals surface area contributed by atoms with Crippen LogP contribution in [0.4, 0.5) is 0 Å². The van der Waals surface area contributed by atoms with Gasteiger partial charge in [-0.15, -0.1) is 12.4 Å². The Hall–Kier alpha value is -0.840. The molecule has 1 heterocycles. The summed E-state index contributed by atoms with van der Waals surface area (Å²) >= 11 is 22.1. The van der Waals surface area contributed by atoms with Gasteiger partial charge in [0.05, 0.1) is 20.1 Å². The fourth-order valence-electron chi connectivity index (χ4n) is 2.19. The van der Waals surface area contributed by atoms with Crippen molar-refractivity contribution in [2.75, 3.05) is 14.2 Å². The van der Waals surface area contributed by atoms with Crippen LogP contribution in [0.2, 0.25) is 4.47 Å². The average molecular weight is 627 g/mol. The molecule has 0 bridgehead atoms. The summed E-state index contributed by atoms with van der Waals surface area (Å²) in [6.45, 7) is 0. The molecule has 3 aromatic rings. The average Bonchev–Trinajstić information content (AvgIpc) is 3.19. The van der Waals surface area contributed by atoms with Crippen LogP contribution >= 0.6 is 92.0 Å². The van der Waals surface area contributed by atoms with Gasteiger partial charge in [0.1, 0.15) is 17.3 Å². The molecule has 6 nitrogen and oxygen atoms in total. The Labute approximate surface area is 238 Å². The first-order chi connectivity index (χ1) is 15.6. The van der Waals surface area contributed by atoms with Crippen molar-refractivity contribution in [3.8, 4) is 11.5 Å². The number of ether oxygens (including phenoxy) is 2. The van der Waals surface area contributed by atoms with Gasteiger partial charge in [0.15, 0.2) is 0 Å². The summed E-state index contributed by atoms with van der Waals surface area (Å²) in [6.07, 6.45) is 1.21. The molecule has 188 valence electrons. The molecule has 1 aromatic heterocycles. The molecule has 0 unspecified atom stereocenters. The van der Waals surface area contributed by atoms with Crippen molar-refractivity contribution in [3.05, 3.63) is 69.9 Å². The molecule has 0 amide bonds. The number of benzene rings is 2. The molecule has 0 saturated heterocycles. The van der Waals surface area contributed by atoms with Gasteiger partial charge in [-0.3, -0.25) is 5.41 Å². The van der Waals surface area contributed by atoms with E-state index >= 15 is 0 Å². The topological polar surface area (TPSA) is 94.1 Å². The maximum absolute atomic E-state index is 7.08. The monoisotopic (exact) mass is 624 g/mol. The largest absolute Gasteiger partial charge is 0.497 e. The van der Waals surface area contributed by atoms with Gasteiger partial charge in [-0.25, -0.2) is 4.98 Å². The van der Waals surface area contributed by atoms with Gasteiger partial charge in [0, 0.05) is 23.8 Å². The number of hydrogen-bond donors (Lipinski definition) is 2. The van der Waals surface area contributed by atoms with Crippen LogP contribution in [0, 0.1) is 5.41 Å². The van der Waals surface area contributed by atoms with Crippen molar-refractivity contribution >= 4 is 97.8 Å². The zero-order valence-corrected chi connectivity index (χ0v) is 24.2. The summed E-state index contributed by atoms with van der Waals surface area (Å²) in [6, 6.07) is 15.4. The first kappa shape index (κ1) is 33.2. The zero-order chi connectivity index (χ0) is 24.9. The van der Waals surface area contributed by atoms with E-state index in [4.69, 9.17) is 77.7 Å². The third-order valence-electron chi connectivity index (χ3n) is 3.61. The first-order valence-electron chi connectivity index (χ1n) is 8.99. The van der Waals surface area contributed by atoms with E-state index in [1.165, 1.54) is 11.5 Å². The maximum atomic E-state index is 7.08. The van der Waals surface area contributed by atoms with E-state index in [0.29, 0.717) is 28.3 Å². The molecular formula is C20H22Cl6N4O2S2. The molecule has 34 heavy (non-hydrogen) atoms. The Morgan fingerprint density at radius 2 is 1.44 bits per heavy atom. The van der Waals surface area contributed by atoms with Crippen LogP contribution in [0.15, 0.2) is 48.5 Å². The van der Waals surface area contributed by atoms with Gasteiger partial charge in [-0.1, -0.05) is 59.1 Å². The molecule has 0 atom stereocenters. The van der Waals surface area contributed by atoms with Crippen molar-refractivity contribution in [2.24, 2.45) is 5.73 Å². The van der Waals surface area contributed by atoms with Gasteiger partial charge >= 0.3 is 0 Å². The Balaban J connectivity index is 0.000000517.